The molecule has 32 heavy (non-hydrogen) atoms. The van der Waals surface area contributed by atoms with Crippen molar-refractivity contribution in [3.8, 4) is 28.6 Å². The molecular weight excluding hydrogens is 402 g/mol. The first kappa shape index (κ1) is 21.6. The van der Waals surface area contributed by atoms with Crippen LogP contribution in [0.4, 0.5) is 0 Å². The molecule has 1 aromatic heterocycles. The third-order valence-corrected chi connectivity index (χ3v) is 5.48. The molecule has 3 aromatic rings. The minimum atomic E-state index is -0.0498. The maximum absolute atomic E-state index is 12.4. The van der Waals surface area contributed by atoms with Crippen LogP contribution in [0.1, 0.15) is 42.5 Å². The number of allylic oxidation sites excluding steroid dienone is 1. The Bertz CT molecular complexity index is 1080. The quantitative estimate of drug-likeness (QED) is 0.474. The highest BCUT2D eigenvalue weighted by Gasteiger charge is 2.09. The van der Waals surface area contributed by atoms with E-state index in [1.807, 2.05) is 42.5 Å². The molecule has 1 aliphatic rings. The molecule has 6 nitrogen and oxygen atoms in total. The zero-order valence-corrected chi connectivity index (χ0v) is 18.2. The Hall–Kier alpha value is -3.67. The van der Waals surface area contributed by atoms with E-state index in [2.05, 4.69) is 21.4 Å². The zero-order valence-electron chi connectivity index (χ0n) is 18.2. The number of methoxy groups -OCH3 is 1. The van der Waals surface area contributed by atoms with Gasteiger partial charge in [0.15, 0.2) is 0 Å². The van der Waals surface area contributed by atoms with Crippen LogP contribution in [0, 0.1) is 0 Å². The summed E-state index contributed by atoms with van der Waals surface area (Å²) in [5.74, 6) is 1.26. The number of nitrogens with one attached hydrogen (secondary N) is 1. The normalized spacial score (nSPS) is 13.2. The fourth-order valence-corrected chi connectivity index (χ4v) is 3.67. The SMILES string of the molecule is COc1cccc(Oc2ncc(-c3ccc(C(=O)NCCC4=CCCCC4)cc3)cn2)c1. The van der Waals surface area contributed by atoms with Gasteiger partial charge in [-0.05, 0) is 61.9 Å². The summed E-state index contributed by atoms with van der Waals surface area (Å²) in [4.78, 5) is 21.0. The molecule has 0 spiro atoms. The van der Waals surface area contributed by atoms with Gasteiger partial charge in [-0.15, -0.1) is 0 Å². The van der Waals surface area contributed by atoms with E-state index in [1.54, 1.807) is 25.6 Å². The van der Waals surface area contributed by atoms with Gasteiger partial charge in [0.25, 0.3) is 5.91 Å². The second-order valence-corrected chi connectivity index (χ2v) is 7.73. The van der Waals surface area contributed by atoms with Crippen LogP contribution in [0.25, 0.3) is 11.1 Å². The summed E-state index contributed by atoms with van der Waals surface area (Å²) in [5, 5.41) is 3.01. The summed E-state index contributed by atoms with van der Waals surface area (Å²) in [6.45, 7) is 0.676. The number of rotatable bonds is 8. The first-order valence-corrected chi connectivity index (χ1v) is 10.9. The van der Waals surface area contributed by atoms with Crippen molar-refractivity contribution in [3.05, 3.63) is 78.1 Å². The molecule has 6 heteroatoms. The van der Waals surface area contributed by atoms with Gasteiger partial charge in [-0.25, -0.2) is 9.97 Å². The Morgan fingerprint density at radius 3 is 2.50 bits per heavy atom. The molecule has 1 amide bonds. The van der Waals surface area contributed by atoms with Gasteiger partial charge in [-0.3, -0.25) is 4.79 Å². The van der Waals surface area contributed by atoms with E-state index in [1.165, 1.54) is 24.8 Å². The van der Waals surface area contributed by atoms with Gasteiger partial charge in [-0.1, -0.05) is 29.8 Å². The Morgan fingerprint density at radius 2 is 1.78 bits per heavy atom. The van der Waals surface area contributed by atoms with Crippen molar-refractivity contribution in [1.29, 1.82) is 0 Å². The number of aromatic nitrogens is 2. The van der Waals surface area contributed by atoms with Gasteiger partial charge in [0.1, 0.15) is 11.5 Å². The average Bonchev–Trinajstić information content (AvgIpc) is 2.85. The molecule has 1 N–H and O–H groups in total. The van der Waals surface area contributed by atoms with Crippen molar-refractivity contribution >= 4 is 5.91 Å². The van der Waals surface area contributed by atoms with Gasteiger partial charge in [-0.2, -0.15) is 0 Å². The van der Waals surface area contributed by atoms with Gasteiger partial charge < -0.3 is 14.8 Å². The number of hydrogen-bond donors (Lipinski definition) is 1. The number of benzene rings is 2. The monoisotopic (exact) mass is 429 g/mol. The molecule has 4 rings (SSSR count). The van der Waals surface area contributed by atoms with Crippen LogP contribution >= 0.6 is 0 Å². The fraction of sp³-hybridized carbons (Fsp3) is 0.269. The molecule has 0 unspecified atom stereocenters. The Labute approximate surface area is 188 Å². The lowest BCUT2D eigenvalue weighted by Gasteiger charge is -2.13. The maximum Gasteiger partial charge on any atom is 0.321 e. The van der Waals surface area contributed by atoms with E-state index in [-0.39, 0.29) is 11.9 Å². The minimum absolute atomic E-state index is 0.0498. The first-order valence-electron chi connectivity index (χ1n) is 10.9. The molecule has 0 atom stereocenters. The molecule has 1 aliphatic carbocycles. The maximum atomic E-state index is 12.4. The smallest absolute Gasteiger partial charge is 0.321 e. The number of carbonyl (C=O) groups is 1. The molecule has 164 valence electrons. The molecule has 1 heterocycles. The molecule has 0 radical (unpaired) electrons. The first-order chi connectivity index (χ1) is 15.7. The standard InChI is InChI=1S/C26H27N3O3/c1-31-23-8-5-9-24(16-23)32-26-28-17-22(18-29-26)20-10-12-21(13-11-20)25(30)27-15-14-19-6-3-2-4-7-19/h5-6,8-13,16-18H,2-4,7,14-15H2,1H3,(H,27,30). The van der Waals surface area contributed by atoms with Crippen molar-refractivity contribution in [3.63, 3.8) is 0 Å². The van der Waals surface area contributed by atoms with E-state index in [0.29, 0.717) is 23.6 Å². The molecule has 0 bridgehead atoms. The lowest BCUT2D eigenvalue weighted by Crippen LogP contribution is -2.24. The van der Waals surface area contributed by atoms with Gasteiger partial charge >= 0.3 is 6.01 Å². The van der Waals surface area contributed by atoms with Crippen LogP contribution in [0.2, 0.25) is 0 Å². The zero-order chi connectivity index (χ0) is 22.2. The van der Waals surface area contributed by atoms with Crippen LogP contribution in [0.5, 0.6) is 17.5 Å². The van der Waals surface area contributed by atoms with Crippen molar-refractivity contribution in [2.45, 2.75) is 32.1 Å². The summed E-state index contributed by atoms with van der Waals surface area (Å²) in [7, 11) is 1.61. The topological polar surface area (TPSA) is 73.3 Å². The van der Waals surface area contributed by atoms with E-state index in [0.717, 1.165) is 24.0 Å². The minimum Gasteiger partial charge on any atom is -0.497 e. The van der Waals surface area contributed by atoms with Crippen molar-refractivity contribution in [2.24, 2.45) is 0 Å². The summed E-state index contributed by atoms with van der Waals surface area (Å²) >= 11 is 0. The second-order valence-electron chi connectivity index (χ2n) is 7.73. The summed E-state index contributed by atoms with van der Waals surface area (Å²) < 4.78 is 10.9. The molecule has 0 aliphatic heterocycles. The summed E-state index contributed by atoms with van der Waals surface area (Å²) in [6.07, 6.45) is 11.5. The molecule has 0 fully saturated rings. The summed E-state index contributed by atoms with van der Waals surface area (Å²) in [6, 6.07) is 15.0. The Morgan fingerprint density at radius 1 is 1.00 bits per heavy atom. The van der Waals surface area contributed by atoms with Crippen LogP contribution < -0.4 is 14.8 Å². The molecular formula is C26H27N3O3. The number of nitrogens with zero attached hydrogens (tertiary/aromatic N) is 2. The number of hydrogen-bond acceptors (Lipinski definition) is 5. The van der Waals surface area contributed by atoms with Crippen molar-refractivity contribution in [2.75, 3.05) is 13.7 Å². The third kappa shape index (κ3) is 5.72. The number of amides is 1. The van der Waals surface area contributed by atoms with Crippen molar-refractivity contribution < 1.29 is 14.3 Å². The van der Waals surface area contributed by atoms with Crippen molar-refractivity contribution in [1.82, 2.24) is 15.3 Å². The highest BCUT2D eigenvalue weighted by molar-refractivity contribution is 5.94. The number of ether oxygens (including phenoxy) is 2. The Balaban J connectivity index is 1.32. The van der Waals surface area contributed by atoms with Crippen LogP contribution in [-0.4, -0.2) is 29.5 Å². The van der Waals surface area contributed by atoms with E-state index in [4.69, 9.17) is 9.47 Å². The second kappa shape index (κ2) is 10.6. The highest BCUT2D eigenvalue weighted by atomic mass is 16.5. The van der Waals surface area contributed by atoms with E-state index in [9.17, 15) is 4.79 Å². The predicted molar refractivity (Wildman–Crippen MR) is 124 cm³/mol. The fourth-order valence-electron chi connectivity index (χ4n) is 3.67. The van der Waals surface area contributed by atoms with Crippen LogP contribution in [-0.2, 0) is 0 Å². The highest BCUT2D eigenvalue weighted by Crippen LogP contribution is 2.24. The lowest BCUT2D eigenvalue weighted by atomic mass is 9.97. The molecule has 0 saturated carbocycles. The van der Waals surface area contributed by atoms with Crippen LogP contribution in [0.3, 0.4) is 0 Å². The Kier molecular flexibility index (Phi) is 7.12. The van der Waals surface area contributed by atoms with Gasteiger partial charge in [0.05, 0.1) is 7.11 Å². The third-order valence-electron chi connectivity index (χ3n) is 5.48. The van der Waals surface area contributed by atoms with Crippen LogP contribution in [0.15, 0.2) is 72.6 Å². The number of carbonyl (C=O) groups excluding carboxylic acids is 1. The lowest BCUT2D eigenvalue weighted by molar-refractivity contribution is 0.0954. The molecule has 2 aromatic carbocycles. The van der Waals surface area contributed by atoms with E-state index < -0.39 is 0 Å². The van der Waals surface area contributed by atoms with Gasteiger partial charge in [0.2, 0.25) is 0 Å². The van der Waals surface area contributed by atoms with E-state index >= 15 is 0 Å². The van der Waals surface area contributed by atoms with Gasteiger partial charge in [0, 0.05) is 36.1 Å². The summed E-state index contributed by atoms with van der Waals surface area (Å²) in [5.41, 5.74) is 3.89. The molecule has 0 saturated heterocycles. The predicted octanol–water partition coefficient (Wildman–Crippen LogP) is 5.56. The average molecular weight is 430 g/mol. The largest absolute Gasteiger partial charge is 0.497 e.